The van der Waals surface area contributed by atoms with Crippen molar-refractivity contribution in [2.45, 2.75) is 38.2 Å². The molecule has 6 nitrogen and oxygen atoms in total. The fourth-order valence-corrected chi connectivity index (χ4v) is 4.35. The minimum absolute atomic E-state index is 0.0412. The van der Waals surface area contributed by atoms with Crippen molar-refractivity contribution in [2.24, 2.45) is 23.7 Å². The molecule has 0 unspecified atom stereocenters. The molecule has 0 N–H and O–H groups in total. The number of fused-ring (bicyclic) bond motifs is 5. The van der Waals surface area contributed by atoms with Gasteiger partial charge >= 0.3 is 5.97 Å². The zero-order valence-corrected chi connectivity index (χ0v) is 12.3. The van der Waals surface area contributed by atoms with Crippen molar-refractivity contribution in [3.8, 4) is 0 Å². The number of allylic oxidation sites excluding steroid dienone is 2. The number of imide groups is 1. The first-order chi connectivity index (χ1) is 10.6. The molecule has 0 spiro atoms. The standard InChI is InChI=1S/C16H19NO5/c18-12(22-11-3-1-2-4-11)8-21-17-15(19)13-9-5-6-10(7-9)14(13)16(17)20/h5-6,9-11,13-14H,1-4,7-8H2/t9-,10+,13-,14+. The van der Waals surface area contributed by atoms with Gasteiger partial charge in [0, 0.05) is 0 Å². The molecule has 1 heterocycles. The predicted molar refractivity (Wildman–Crippen MR) is 73.9 cm³/mol. The van der Waals surface area contributed by atoms with Gasteiger partial charge in [0.05, 0.1) is 11.8 Å². The van der Waals surface area contributed by atoms with E-state index in [1.807, 2.05) is 12.2 Å². The van der Waals surface area contributed by atoms with Crippen LogP contribution in [0.2, 0.25) is 0 Å². The van der Waals surface area contributed by atoms with E-state index in [0.717, 1.165) is 37.2 Å². The molecule has 3 aliphatic carbocycles. The number of hydrogen-bond acceptors (Lipinski definition) is 5. The molecule has 2 amide bonds. The molecule has 118 valence electrons. The number of hydroxylamine groups is 2. The quantitative estimate of drug-likeness (QED) is 0.443. The summed E-state index contributed by atoms with van der Waals surface area (Å²) >= 11 is 0. The topological polar surface area (TPSA) is 72.9 Å². The molecule has 2 bridgehead atoms. The van der Waals surface area contributed by atoms with Crippen LogP contribution in [-0.2, 0) is 24.0 Å². The van der Waals surface area contributed by atoms with Gasteiger partial charge in [-0.15, -0.1) is 0 Å². The number of hydrogen-bond donors (Lipinski definition) is 0. The number of carbonyl (C=O) groups is 3. The number of nitrogens with zero attached hydrogens (tertiary/aromatic N) is 1. The normalized spacial score (nSPS) is 36.5. The van der Waals surface area contributed by atoms with E-state index < -0.39 is 5.97 Å². The summed E-state index contributed by atoms with van der Waals surface area (Å²) in [5, 5.41) is 0.803. The highest BCUT2D eigenvalue weighted by Crippen LogP contribution is 2.52. The van der Waals surface area contributed by atoms with E-state index in [-0.39, 0.29) is 48.2 Å². The highest BCUT2D eigenvalue weighted by molar-refractivity contribution is 6.05. The maximum Gasteiger partial charge on any atom is 0.335 e. The molecule has 1 saturated heterocycles. The van der Waals surface area contributed by atoms with E-state index in [4.69, 9.17) is 9.57 Å². The van der Waals surface area contributed by atoms with E-state index in [2.05, 4.69) is 0 Å². The van der Waals surface area contributed by atoms with Gasteiger partial charge in [-0.05, 0) is 43.9 Å². The van der Waals surface area contributed by atoms with Crippen LogP contribution in [0.5, 0.6) is 0 Å². The summed E-state index contributed by atoms with van der Waals surface area (Å²) in [4.78, 5) is 41.6. The zero-order valence-electron chi connectivity index (χ0n) is 12.3. The summed E-state index contributed by atoms with van der Waals surface area (Å²) in [5.41, 5.74) is 0. The van der Waals surface area contributed by atoms with Crippen molar-refractivity contribution in [3.05, 3.63) is 12.2 Å². The van der Waals surface area contributed by atoms with Crippen molar-refractivity contribution in [1.82, 2.24) is 5.06 Å². The lowest BCUT2D eigenvalue weighted by Gasteiger charge is -2.17. The number of ether oxygens (including phenoxy) is 1. The molecule has 0 aromatic heterocycles. The molecule has 2 saturated carbocycles. The van der Waals surface area contributed by atoms with Crippen LogP contribution in [-0.4, -0.2) is 35.6 Å². The Morgan fingerprint density at radius 3 is 2.27 bits per heavy atom. The smallest absolute Gasteiger partial charge is 0.335 e. The molecule has 4 rings (SSSR count). The Kier molecular flexibility index (Phi) is 3.29. The van der Waals surface area contributed by atoms with Gasteiger partial charge in [-0.25, -0.2) is 4.79 Å². The summed E-state index contributed by atoms with van der Waals surface area (Å²) in [5.74, 6) is -1.43. The molecule has 1 aliphatic heterocycles. The third kappa shape index (κ3) is 2.08. The summed E-state index contributed by atoms with van der Waals surface area (Å²) in [6, 6.07) is 0. The summed E-state index contributed by atoms with van der Waals surface area (Å²) in [6.45, 7) is -0.379. The SMILES string of the molecule is O=C(CON1C(=O)[C@@H]2[C@H](C1=O)[C@@H]1C=C[C@H]2C1)OC1CCCC1. The molecule has 0 aromatic carbocycles. The predicted octanol–water partition coefficient (Wildman–Crippen LogP) is 1.21. The van der Waals surface area contributed by atoms with E-state index in [1.165, 1.54) is 0 Å². The zero-order chi connectivity index (χ0) is 15.3. The summed E-state index contributed by atoms with van der Waals surface area (Å²) in [7, 11) is 0. The van der Waals surface area contributed by atoms with Crippen molar-refractivity contribution in [1.29, 1.82) is 0 Å². The van der Waals surface area contributed by atoms with Crippen LogP contribution in [0.25, 0.3) is 0 Å². The second-order valence-electron chi connectivity index (χ2n) is 6.64. The lowest BCUT2D eigenvalue weighted by molar-refractivity contribution is -0.197. The summed E-state index contributed by atoms with van der Waals surface area (Å²) in [6.07, 6.45) is 8.79. The fourth-order valence-electron chi connectivity index (χ4n) is 4.35. The molecule has 0 aromatic rings. The van der Waals surface area contributed by atoms with Gasteiger partial charge < -0.3 is 4.74 Å². The van der Waals surface area contributed by atoms with Crippen LogP contribution in [0.3, 0.4) is 0 Å². The molecule has 0 radical (unpaired) electrons. The first-order valence-corrected chi connectivity index (χ1v) is 8.03. The van der Waals surface area contributed by atoms with Gasteiger partial charge in [0.1, 0.15) is 6.10 Å². The van der Waals surface area contributed by atoms with Gasteiger partial charge in [0.25, 0.3) is 11.8 Å². The van der Waals surface area contributed by atoms with Crippen molar-refractivity contribution >= 4 is 17.8 Å². The number of rotatable bonds is 4. The molecule has 6 heteroatoms. The minimum Gasteiger partial charge on any atom is -0.461 e. The van der Waals surface area contributed by atoms with Crippen LogP contribution in [0, 0.1) is 23.7 Å². The Morgan fingerprint density at radius 1 is 1.09 bits per heavy atom. The highest BCUT2D eigenvalue weighted by atomic mass is 16.7. The van der Waals surface area contributed by atoms with Crippen LogP contribution in [0.1, 0.15) is 32.1 Å². The molecule has 4 atom stereocenters. The van der Waals surface area contributed by atoms with Gasteiger partial charge in [-0.1, -0.05) is 12.2 Å². The second-order valence-corrected chi connectivity index (χ2v) is 6.64. The lowest BCUT2D eigenvalue weighted by atomic mass is 9.85. The Balaban J connectivity index is 1.35. The van der Waals surface area contributed by atoms with Crippen molar-refractivity contribution in [3.63, 3.8) is 0 Å². The average Bonchev–Trinajstić information content (AvgIpc) is 3.24. The van der Waals surface area contributed by atoms with Gasteiger partial charge in [-0.2, -0.15) is 5.06 Å². The van der Waals surface area contributed by atoms with Crippen LogP contribution in [0.4, 0.5) is 0 Å². The van der Waals surface area contributed by atoms with Crippen molar-refractivity contribution in [2.75, 3.05) is 6.61 Å². The molecule has 22 heavy (non-hydrogen) atoms. The minimum atomic E-state index is -0.509. The van der Waals surface area contributed by atoms with E-state index in [9.17, 15) is 14.4 Å². The molecular formula is C16H19NO5. The Bertz CT molecular complexity index is 521. The Labute approximate surface area is 128 Å². The maximum absolute atomic E-state index is 12.3. The second kappa shape index (κ2) is 5.19. The highest BCUT2D eigenvalue weighted by Gasteiger charge is 2.60. The largest absolute Gasteiger partial charge is 0.461 e. The van der Waals surface area contributed by atoms with E-state index >= 15 is 0 Å². The first-order valence-electron chi connectivity index (χ1n) is 8.03. The van der Waals surface area contributed by atoms with Crippen molar-refractivity contribution < 1.29 is 24.0 Å². The Morgan fingerprint density at radius 2 is 1.68 bits per heavy atom. The van der Waals surface area contributed by atoms with Gasteiger partial charge in [-0.3, -0.25) is 14.4 Å². The third-order valence-corrected chi connectivity index (χ3v) is 5.34. The number of carbonyl (C=O) groups excluding carboxylic acids is 3. The Hall–Kier alpha value is -1.69. The van der Waals surface area contributed by atoms with Crippen LogP contribution in [0.15, 0.2) is 12.2 Å². The van der Waals surface area contributed by atoms with Crippen LogP contribution >= 0.6 is 0 Å². The van der Waals surface area contributed by atoms with Gasteiger partial charge in [0.15, 0.2) is 6.61 Å². The molecule has 4 aliphatic rings. The summed E-state index contributed by atoms with van der Waals surface area (Å²) < 4.78 is 5.26. The van der Waals surface area contributed by atoms with E-state index in [1.54, 1.807) is 0 Å². The average molecular weight is 305 g/mol. The lowest BCUT2D eigenvalue weighted by Crippen LogP contribution is -2.35. The molecular weight excluding hydrogens is 286 g/mol. The number of amides is 2. The number of esters is 1. The fraction of sp³-hybridized carbons (Fsp3) is 0.688. The monoisotopic (exact) mass is 305 g/mol. The first kappa shape index (κ1) is 13.9. The molecule has 3 fully saturated rings. The third-order valence-electron chi connectivity index (χ3n) is 5.34. The van der Waals surface area contributed by atoms with E-state index in [0.29, 0.717) is 0 Å². The van der Waals surface area contributed by atoms with Gasteiger partial charge in [0.2, 0.25) is 0 Å². The van der Waals surface area contributed by atoms with Crippen LogP contribution < -0.4 is 0 Å². The maximum atomic E-state index is 12.3.